The highest BCUT2D eigenvalue weighted by atomic mass is 16.7. The van der Waals surface area contributed by atoms with Gasteiger partial charge in [-0.25, -0.2) is 4.79 Å². The number of benzene rings is 1. The van der Waals surface area contributed by atoms with Crippen molar-refractivity contribution >= 4 is 5.97 Å². The van der Waals surface area contributed by atoms with Gasteiger partial charge < -0.3 is 18.9 Å². The lowest BCUT2D eigenvalue weighted by Gasteiger charge is -2.17. The molecule has 1 aliphatic heterocycles. The Morgan fingerprint density at radius 2 is 2.16 bits per heavy atom. The molecule has 0 aliphatic carbocycles. The lowest BCUT2D eigenvalue weighted by molar-refractivity contribution is -0.143. The summed E-state index contributed by atoms with van der Waals surface area (Å²) in [6.07, 6.45) is 0. The minimum atomic E-state index is -0.547. The van der Waals surface area contributed by atoms with Crippen molar-refractivity contribution in [3.05, 3.63) is 23.8 Å². The van der Waals surface area contributed by atoms with Gasteiger partial charge in [-0.05, 0) is 17.7 Å². The number of nitrogens with one attached hydrogen (secondary N) is 1. The Bertz CT molecular complexity index is 449. The van der Waals surface area contributed by atoms with Crippen molar-refractivity contribution in [2.45, 2.75) is 6.04 Å². The number of carbonyl (C=O) groups is 1. The van der Waals surface area contributed by atoms with E-state index in [4.69, 9.17) is 18.9 Å². The van der Waals surface area contributed by atoms with Crippen LogP contribution in [0.4, 0.5) is 0 Å². The highest BCUT2D eigenvalue weighted by Crippen LogP contribution is 2.34. The van der Waals surface area contributed by atoms with Gasteiger partial charge >= 0.3 is 5.97 Å². The normalized spacial score (nSPS) is 14.2. The Hall–Kier alpha value is -1.79. The van der Waals surface area contributed by atoms with Crippen molar-refractivity contribution in [3.63, 3.8) is 0 Å². The molecule has 0 aromatic heterocycles. The van der Waals surface area contributed by atoms with Gasteiger partial charge in [0.05, 0.1) is 13.7 Å². The Kier molecular flexibility index (Phi) is 4.59. The predicted octanol–water partition coefficient (Wildman–Crippen LogP) is 0.865. The highest BCUT2D eigenvalue weighted by molar-refractivity contribution is 5.78. The molecule has 1 atom stereocenters. The zero-order valence-corrected chi connectivity index (χ0v) is 11.0. The molecule has 19 heavy (non-hydrogen) atoms. The third kappa shape index (κ3) is 3.15. The number of carbonyl (C=O) groups excluding carboxylic acids is 1. The van der Waals surface area contributed by atoms with E-state index in [-0.39, 0.29) is 12.8 Å². The van der Waals surface area contributed by atoms with Crippen LogP contribution in [0.1, 0.15) is 11.6 Å². The van der Waals surface area contributed by atoms with E-state index in [1.807, 2.05) is 6.07 Å². The van der Waals surface area contributed by atoms with E-state index in [9.17, 15) is 4.79 Å². The first-order valence-corrected chi connectivity index (χ1v) is 5.96. The number of methoxy groups -OCH3 is 2. The smallest absolute Gasteiger partial charge is 0.327 e. The molecule has 0 fully saturated rings. The SMILES string of the molecule is COCCNC(C(=O)OC)c1ccc2c(c1)OCO2. The second-order valence-corrected chi connectivity index (χ2v) is 4.02. The highest BCUT2D eigenvalue weighted by Gasteiger charge is 2.23. The zero-order chi connectivity index (χ0) is 13.7. The van der Waals surface area contributed by atoms with Crippen LogP contribution in [0.3, 0.4) is 0 Å². The zero-order valence-electron chi connectivity index (χ0n) is 11.0. The molecule has 1 heterocycles. The standard InChI is InChI=1S/C13H17NO5/c1-16-6-5-14-12(13(15)17-2)9-3-4-10-11(7-9)19-8-18-10/h3-4,7,12,14H,5-6,8H2,1-2H3. The van der Waals surface area contributed by atoms with Crippen molar-refractivity contribution in [3.8, 4) is 11.5 Å². The van der Waals surface area contributed by atoms with Gasteiger partial charge in [-0.1, -0.05) is 6.07 Å². The minimum absolute atomic E-state index is 0.207. The van der Waals surface area contributed by atoms with Gasteiger partial charge in [0.15, 0.2) is 11.5 Å². The predicted molar refractivity (Wildman–Crippen MR) is 67.2 cm³/mol. The summed E-state index contributed by atoms with van der Waals surface area (Å²) in [5.74, 6) is 0.971. The maximum atomic E-state index is 11.8. The topological polar surface area (TPSA) is 66.0 Å². The molecular weight excluding hydrogens is 250 g/mol. The van der Waals surface area contributed by atoms with Gasteiger partial charge in [0, 0.05) is 13.7 Å². The van der Waals surface area contributed by atoms with Crippen molar-refractivity contribution in [2.75, 3.05) is 34.2 Å². The quantitative estimate of drug-likeness (QED) is 0.609. The number of hydrogen-bond acceptors (Lipinski definition) is 6. The Labute approximate surface area is 111 Å². The van der Waals surface area contributed by atoms with E-state index in [1.54, 1.807) is 19.2 Å². The molecule has 104 valence electrons. The first kappa shape index (κ1) is 13.6. The largest absolute Gasteiger partial charge is 0.468 e. The number of hydrogen-bond donors (Lipinski definition) is 1. The van der Waals surface area contributed by atoms with Crippen LogP contribution in [-0.4, -0.2) is 40.1 Å². The van der Waals surface area contributed by atoms with Crippen LogP contribution in [0.25, 0.3) is 0 Å². The second kappa shape index (κ2) is 6.40. The molecule has 1 aromatic rings. The first-order chi connectivity index (χ1) is 9.26. The van der Waals surface area contributed by atoms with Crippen LogP contribution in [0.15, 0.2) is 18.2 Å². The molecule has 6 nitrogen and oxygen atoms in total. The van der Waals surface area contributed by atoms with E-state index in [2.05, 4.69) is 5.32 Å². The molecule has 1 aliphatic rings. The number of ether oxygens (including phenoxy) is 4. The molecule has 1 unspecified atom stereocenters. The third-order valence-corrected chi connectivity index (χ3v) is 2.82. The van der Waals surface area contributed by atoms with Crippen molar-refractivity contribution < 1.29 is 23.7 Å². The van der Waals surface area contributed by atoms with Crippen LogP contribution in [0.2, 0.25) is 0 Å². The van der Waals surface area contributed by atoms with Crippen molar-refractivity contribution in [2.24, 2.45) is 0 Å². The maximum Gasteiger partial charge on any atom is 0.327 e. The summed E-state index contributed by atoms with van der Waals surface area (Å²) in [6, 6.07) is 4.83. The van der Waals surface area contributed by atoms with Crippen LogP contribution in [0, 0.1) is 0 Å². The van der Waals surface area contributed by atoms with Gasteiger partial charge in [0.2, 0.25) is 6.79 Å². The summed E-state index contributed by atoms with van der Waals surface area (Å²) in [5, 5.41) is 3.08. The molecule has 0 bridgehead atoms. The molecule has 1 N–H and O–H groups in total. The van der Waals surface area contributed by atoms with Gasteiger partial charge in [-0.2, -0.15) is 0 Å². The average Bonchev–Trinajstić information content (AvgIpc) is 2.90. The number of rotatable bonds is 6. The van der Waals surface area contributed by atoms with Gasteiger partial charge in [-0.3, -0.25) is 5.32 Å². The Balaban J connectivity index is 2.15. The minimum Gasteiger partial charge on any atom is -0.468 e. The molecule has 0 saturated carbocycles. The molecule has 0 saturated heterocycles. The van der Waals surface area contributed by atoms with E-state index < -0.39 is 6.04 Å². The van der Waals surface area contributed by atoms with E-state index in [0.717, 1.165) is 5.56 Å². The fourth-order valence-electron chi connectivity index (χ4n) is 1.85. The van der Waals surface area contributed by atoms with Crippen molar-refractivity contribution in [1.29, 1.82) is 0 Å². The summed E-state index contributed by atoms with van der Waals surface area (Å²) in [5.41, 5.74) is 0.771. The second-order valence-electron chi connectivity index (χ2n) is 4.02. The van der Waals surface area contributed by atoms with Crippen LogP contribution >= 0.6 is 0 Å². The van der Waals surface area contributed by atoms with E-state index in [0.29, 0.717) is 24.7 Å². The van der Waals surface area contributed by atoms with E-state index in [1.165, 1.54) is 7.11 Å². The van der Waals surface area contributed by atoms with E-state index >= 15 is 0 Å². The molecule has 6 heteroatoms. The molecule has 2 rings (SSSR count). The number of esters is 1. The lowest BCUT2D eigenvalue weighted by Crippen LogP contribution is -2.31. The molecule has 1 aromatic carbocycles. The number of fused-ring (bicyclic) bond motifs is 1. The van der Waals surface area contributed by atoms with Crippen LogP contribution in [0.5, 0.6) is 11.5 Å². The molecular formula is C13H17NO5. The molecule has 0 radical (unpaired) electrons. The van der Waals surface area contributed by atoms with Gasteiger partial charge in [0.1, 0.15) is 6.04 Å². The fourth-order valence-corrected chi connectivity index (χ4v) is 1.85. The van der Waals surface area contributed by atoms with Crippen molar-refractivity contribution in [1.82, 2.24) is 5.32 Å². The summed E-state index contributed by atoms with van der Waals surface area (Å²) >= 11 is 0. The third-order valence-electron chi connectivity index (χ3n) is 2.82. The van der Waals surface area contributed by atoms with Crippen LogP contribution in [-0.2, 0) is 14.3 Å². The first-order valence-electron chi connectivity index (χ1n) is 5.96. The lowest BCUT2D eigenvalue weighted by atomic mass is 10.1. The Morgan fingerprint density at radius 1 is 1.37 bits per heavy atom. The van der Waals surface area contributed by atoms with Gasteiger partial charge in [0.25, 0.3) is 0 Å². The Morgan fingerprint density at radius 3 is 2.89 bits per heavy atom. The summed E-state index contributed by atoms with van der Waals surface area (Å²) in [7, 11) is 2.97. The fraction of sp³-hybridized carbons (Fsp3) is 0.462. The van der Waals surface area contributed by atoms with Gasteiger partial charge in [-0.15, -0.1) is 0 Å². The summed E-state index contributed by atoms with van der Waals surface area (Å²) in [4.78, 5) is 11.8. The average molecular weight is 267 g/mol. The summed E-state index contributed by atoms with van der Waals surface area (Å²) < 4.78 is 20.3. The summed E-state index contributed by atoms with van der Waals surface area (Å²) in [6.45, 7) is 1.27. The van der Waals surface area contributed by atoms with Crippen LogP contribution < -0.4 is 14.8 Å². The molecule has 0 amide bonds. The molecule has 0 spiro atoms. The monoisotopic (exact) mass is 267 g/mol. The maximum absolute atomic E-state index is 11.8.